The Balaban J connectivity index is 4.31. The topological polar surface area (TPSA) is 78.9 Å². The number of hydrogen-bond acceptors (Lipinski definition) is 6. The maximum atomic E-state index is 12.8. The third-order valence-electron chi connectivity index (χ3n) is 12.0. The van der Waals surface area contributed by atoms with Crippen LogP contribution in [0.5, 0.6) is 0 Å². The number of hydrogen-bond donors (Lipinski definition) is 0. The second-order valence-electron chi connectivity index (χ2n) is 18.5. The van der Waals surface area contributed by atoms with Gasteiger partial charge in [-0.2, -0.15) is 0 Å². The molecule has 0 spiro atoms. The third-order valence-corrected chi connectivity index (χ3v) is 12.0. The molecule has 0 saturated carbocycles. The quantitative estimate of drug-likeness (QED) is 0.0262. The largest absolute Gasteiger partial charge is 0.462 e. The molecule has 0 N–H and O–H groups in total. The van der Waals surface area contributed by atoms with Crippen molar-refractivity contribution in [3.05, 3.63) is 60.8 Å². The van der Waals surface area contributed by atoms with Crippen LogP contribution in [0, 0.1) is 0 Å². The van der Waals surface area contributed by atoms with Gasteiger partial charge in [-0.05, 0) is 83.5 Å². The molecule has 0 aliphatic rings. The van der Waals surface area contributed by atoms with Crippen molar-refractivity contribution in [1.82, 2.24) is 0 Å². The zero-order chi connectivity index (χ0) is 47.2. The van der Waals surface area contributed by atoms with E-state index in [9.17, 15) is 14.4 Å². The Morgan fingerprint density at radius 1 is 0.323 bits per heavy atom. The van der Waals surface area contributed by atoms with E-state index in [4.69, 9.17) is 14.2 Å². The zero-order valence-corrected chi connectivity index (χ0v) is 43.0. The van der Waals surface area contributed by atoms with Gasteiger partial charge in [0.05, 0.1) is 0 Å². The van der Waals surface area contributed by atoms with Crippen LogP contribution in [0.2, 0.25) is 0 Å². The van der Waals surface area contributed by atoms with Crippen molar-refractivity contribution in [2.75, 3.05) is 13.2 Å². The minimum Gasteiger partial charge on any atom is -0.462 e. The van der Waals surface area contributed by atoms with E-state index in [-0.39, 0.29) is 31.1 Å². The molecule has 0 rings (SSSR count). The fraction of sp³-hybridized carbons (Fsp3) is 0.780. The van der Waals surface area contributed by atoms with Gasteiger partial charge in [0.1, 0.15) is 13.2 Å². The van der Waals surface area contributed by atoms with Crippen LogP contribution in [-0.4, -0.2) is 37.2 Å². The number of carbonyl (C=O) groups excluding carboxylic acids is 3. The lowest BCUT2D eigenvalue weighted by molar-refractivity contribution is -0.167. The van der Waals surface area contributed by atoms with Gasteiger partial charge in [0.25, 0.3) is 0 Å². The third kappa shape index (κ3) is 51.9. The number of carbonyl (C=O) groups is 3. The molecular formula is C59H104O6. The number of ether oxygens (including phenoxy) is 3. The summed E-state index contributed by atoms with van der Waals surface area (Å²) in [6, 6.07) is 0. The molecule has 0 aliphatic heterocycles. The molecule has 0 heterocycles. The molecule has 1 unspecified atom stereocenters. The average molecular weight is 909 g/mol. The van der Waals surface area contributed by atoms with E-state index < -0.39 is 6.10 Å². The average Bonchev–Trinajstić information content (AvgIpc) is 3.30. The van der Waals surface area contributed by atoms with Crippen molar-refractivity contribution in [2.45, 2.75) is 284 Å². The zero-order valence-electron chi connectivity index (χ0n) is 43.0. The second kappa shape index (κ2) is 53.7. The van der Waals surface area contributed by atoms with Gasteiger partial charge in [-0.25, -0.2) is 0 Å². The highest BCUT2D eigenvalue weighted by Crippen LogP contribution is 2.15. The van der Waals surface area contributed by atoms with Crippen molar-refractivity contribution in [1.29, 1.82) is 0 Å². The van der Waals surface area contributed by atoms with E-state index >= 15 is 0 Å². The summed E-state index contributed by atoms with van der Waals surface area (Å²) in [6.45, 7) is 6.51. The van der Waals surface area contributed by atoms with E-state index in [1.807, 2.05) is 0 Å². The minimum absolute atomic E-state index is 0.0777. The van der Waals surface area contributed by atoms with Crippen LogP contribution >= 0.6 is 0 Å². The predicted octanol–water partition coefficient (Wildman–Crippen LogP) is 18.4. The Hall–Kier alpha value is -2.89. The first-order valence-corrected chi connectivity index (χ1v) is 27.8. The van der Waals surface area contributed by atoms with Gasteiger partial charge in [-0.15, -0.1) is 0 Å². The van der Waals surface area contributed by atoms with Gasteiger partial charge in [-0.3, -0.25) is 14.4 Å². The van der Waals surface area contributed by atoms with E-state index in [1.165, 1.54) is 148 Å². The highest BCUT2D eigenvalue weighted by atomic mass is 16.6. The van der Waals surface area contributed by atoms with Gasteiger partial charge in [-0.1, -0.05) is 236 Å². The summed E-state index contributed by atoms with van der Waals surface area (Å²) in [5.41, 5.74) is 0. The van der Waals surface area contributed by atoms with Crippen LogP contribution in [-0.2, 0) is 28.6 Å². The molecule has 0 aromatic rings. The molecule has 6 heteroatoms. The van der Waals surface area contributed by atoms with Crippen LogP contribution in [0.1, 0.15) is 278 Å². The predicted molar refractivity (Wildman–Crippen MR) is 279 cm³/mol. The maximum Gasteiger partial charge on any atom is 0.306 e. The molecule has 0 amide bonds. The van der Waals surface area contributed by atoms with Gasteiger partial charge < -0.3 is 14.2 Å². The highest BCUT2D eigenvalue weighted by Gasteiger charge is 2.19. The normalized spacial score (nSPS) is 12.5. The van der Waals surface area contributed by atoms with E-state index in [2.05, 4.69) is 81.5 Å². The maximum absolute atomic E-state index is 12.8. The van der Waals surface area contributed by atoms with E-state index in [1.54, 1.807) is 0 Å². The van der Waals surface area contributed by atoms with Crippen LogP contribution in [0.3, 0.4) is 0 Å². The summed E-state index contributed by atoms with van der Waals surface area (Å²) in [7, 11) is 0. The van der Waals surface area contributed by atoms with Crippen molar-refractivity contribution in [2.24, 2.45) is 0 Å². The number of esters is 3. The Bertz CT molecular complexity index is 1180. The van der Waals surface area contributed by atoms with Crippen molar-refractivity contribution in [3.8, 4) is 0 Å². The van der Waals surface area contributed by atoms with Crippen LogP contribution in [0.25, 0.3) is 0 Å². The van der Waals surface area contributed by atoms with Crippen molar-refractivity contribution < 1.29 is 28.6 Å². The fourth-order valence-electron chi connectivity index (χ4n) is 7.84. The number of allylic oxidation sites excluding steroid dienone is 10. The van der Waals surface area contributed by atoms with Crippen molar-refractivity contribution >= 4 is 17.9 Å². The molecule has 1 atom stereocenters. The molecule has 65 heavy (non-hydrogen) atoms. The van der Waals surface area contributed by atoms with Crippen LogP contribution in [0.15, 0.2) is 60.8 Å². The molecule has 0 bridgehead atoms. The highest BCUT2D eigenvalue weighted by molar-refractivity contribution is 5.71. The van der Waals surface area contributed by atoms with Gasteiger partial charge in [0, 0.05) is 19.3 Å². The van der Waals surface area contributed by atoms with Crippen LogP contribution < -0.4 is 0 Å². The van der Waals surface area contributed by atoms with Gasteiger partial charge in [0.15, 0.2) is 6.10 Å². The lowest BCUT2D eigenvalue weighted by Crippen LogP contribution is -2.30. The summed E-state index contributed by atoms with van der Waals surface area (Å²) in [4.78, 5) is 38.0. The molecule has 0 fully saturated rings. The lowest BCUT2D eigenvalue weighted by Gasteiger charge is -2.18. The van der Waals surface area contributed by atoms with Crippen molar-refractivity contribution in [3.63, 3.8) is 0 Å². The molecule has 0 aromatic carbocycles. The monoisotopic (exact) mass is 909 g/mol. The molecule has 0 aromatic heterocycles. The standard InChI is InChI=1S/C59H104O6/c1-4-7-10-13-16-19-21-23-25-27-29-31-33-35-37-40-43-46-49-52-58(61)64-55-56(54-63-57(60)51-48-45-42-39-18-15-12-9-6-3)65-59(62)53-50-47-44-41-38-36-34-32-30-28-26-24-22-20-17-14-11-8-5-2/h7,10,16,19,23-26,29,31,56H,4-6,8-9,11-15,17-18,20-22,27-28,30,32-55H2,1-3H3/b10-7-,19-16-,25-23-,26-24-,31-29-. The summed E-state index contributed by atoms with van der Waals surface area (Å²) >= 11 is 0. The summed E-state index contributed by atoms with van der Waals surface area (Å²) in [6.07, 6.45) is 66.4. The summed E-state index contributed by atoms with van der Waals surface area (Å²) in [5, 5.41) is 0. The Labute approximate surface area is 402 Å². The van der Waals surface area contributed by atoms with Gasteiger partial charge in [0.2, 0.25) is 0 Å². The fourth-order valence-corrected chi connectivity index (χ4v) is 7.84. The first-order chi connectivity index (χ1) is 32.0. The number of unbranched alkanes of at least 4 members (excludes halogenated alkanes) is 29. The molecule has 6 nitrogen and oxygen atoms in total. The van der Waals surface area contributed by atoms with E-state index in [0.29, 0.717) is 19.3 Å². The first kappa shape index (κ1) is 62.1. The van der Waals surface area contributed by atoms with E-state index in [0.717, 1.165) is 89.9 Å². The van der Waals surface area contributed by atoms with Gasteiger partial charge >= 0.3 is 17.9 Å². The molecule has 0 radical (unpaired) electrons. The second-order valence-corrected chi connectivity index (χ2v) is 18.5. The summed E-state index contributed by atoms with van der Waals surface area (Å²) < 4.78 is 16.8. The Kier molecular flexibility index (Phi) is 51.3. The lowest BCUT2D eigenvalue weighted by atomic mass is 10.1. The Morgan fingerprint density at radius 3 is 0.954 bits per heavy atom. The molecular weight excluding hydrogens is 805 g/mol. The summed E-state index contributed by atoms with van der Waals surface area (Å²) in [5.74, 6) is -0.888. The first-order valence-electron chi connectivity index (χ1n) is 27.8. The van der Waals surface area contributed by atoms with Crippen LogP contribution in [0.4, 0.5) is 0 Å². The SMILES string of the molecule is CC/C=C\C/C=C\C/C=C\C/C=C\CCCCCCCCC(=O)OCC(COC(=O)CCCCCCCCCCC)OC(=O)CCCCCCCCCCC/C=C\CCCCCCCC. The molecule has 0 saturated heterocycles. The minimum atomic E-state index is -0.778. The smallest absolute Gasteiger partial charge is 0.306 e. The molecule has 0 aliphatic carbocycles. The molecule has 376 valence electrons. The Morgan fingerprint density at radius 2 is 0.600 bits per heavy atom. The number of rotatable bonds is 50.